The average Bonchev–Trinajstić information content (AvgIpc) is 2.88. The Kier molecular flexibility index (Phi) is 5.27. The number of ether oxygens (including phenoxy) is 1. The van der Waals surface area contributed by atoms with E-state index in [0.29, 0.717) is 6.10 Å². The second kappa shape index (κ2) is 6.76. The van der Waals surface area contributed by atoms with Crippen LogP contribution in [0, 0.1) is 0 Å². The van der Waals surface area contributed by atoms with E-state index in [1.54, 1.807) is 11.8 Å². The summed E-state index contributed by atoms with van der Waals surface area (Å²) in [5.41, 5.74) is -0.0371. The monoisotopic (exact) mass is 295 g/mol. The van der Waals surface area contributed by atoms with Gasteiger partial charge in [0.05, 0.1) is 6.10 Å². The third-order valence-corrected chi connectivity index (χ3v) is 4.22. The second-order valence-electron chi connectivity index (χ2n) is 6.14. The molecule has 112 valence electrons. The van der Waals surface area contributed by atoms with Crippen molar-refractivity contribution in [1.82, 2.24) is 9.97 Å². The van der Waals surface area contributed by atoms with Crippen LogP contribution in [0.4, 0.5) is 5.82 Å². The van der Waals surface area contributed by atoms with E-state index < -0.39 is 0 Å². The zero-order valence-corrected chi connectivity index (χ0v) is 13.7. The Morgan fingerprint density at radius 2 is 2.20 bits per heavy atom. The molecular formula is C15H25N3OS. The first-order chi connectivity index (χ1) is 9.49. The van der Waals surface area contributed by atoms with Crippen LogP contribution in [0.25, 0.3) is 0 Å². The molecule has 0 aliphatic carbocycles. The van der Waals surface area contributed by atoms with E-state index in [9.17, 15) is 0 Å². The molecule has 0 bridgehead atoms. The van der Waals surface area contributed by atoms with Crippen LogP contribution in [-0.4, -0.2) is 35.0 Å². The first-order valence-electron chi connectivity index (χ1n) is 7.37. The van der Waals surface area contributed by atoms with Gasteiger partial charge in [0.1, 0.15) is 16.7 Å². The third-order valence-electron chi connectivity index (χ3n) is 3.17. The molecule has 1 atom stereocenters. The molecule has 0 amide bonds. The van der Waals surface area contributed by atoms with Gasteiger partial charge >= 0.3 is 0 Å². The van der Waals surface area contributed by atoms with E-state index in [1.807, 2.05) is 6.07 Å². The number of hydrogen-bond donors (Lipinski definition) is 1. The van der Waals surface area contributed by atoms with Crippen molar-refractivity contribution < 1.29 is 4.74 Å². The Bertz CT molecular complexity index is 439. The van der Waals surface area contributed by atoms with Crippen LogP contribution in [-0.2, 0) is 10.2 Å². The number of aromatic nitrogens is 2. The lowest BCUT2D eigenvalue weighted by Gasteiger charge is -2.19. The maximum Gasteiger partial charge on any atom is 0.137 e. The van der Waals surface area contributed by atoms with Crippen molar-refractivity contribution in [2.24, 2.45) is 0 Å². The molecule has 1 aliphatic rings. The molecule has 4 nitrogen and oxygen atoms in total. The number of nitrogens with one attached hydrogen (secondary N) is 1. The van der Waals surface area contributed by atoms with E-state index in [4.69, 9.17) is 9.72 Å². The SMILES string of the molecule is CCNc1cc(SCC2CCCO2)nc(C(C)(C)C)n1. The molecule has 1 aromatic heterocycles. The van der Waals surface area contributed by atoms with E-state index in [2.05, 4.69) is 38.0 Å². The summed E-state index contributed by atoms with van der Waals surface area (Å²) in [7, 11) is 0. The van der Waals surface area contributed by atoms with Gasteiger partial charge in [0.25, 0.3) is 0 Å². The zero-order chi connectivity index (χ0) is 14.6. The van der Waals surface area contributed by atoms with Gasteiger partial charge in [-0.25, -0.2) is 9.97 Å². The summed E-state index contributed by atoms with van der Waals surface area (Å²) in [6, 6.07) is 2.04. The standard InChI is InChI=1S/C15H25N3OS/c1-5-16-12-9-13(18-14(17-12)15(2,3)4)20-10-11-7-6-8-19-11/h9,11H,5-8,10H2,1-4H3,(H,16,17,18). The predicted molar refractivity (Wildman–Crippen MR) is 84.6 cm³/mol. The van der Waals surface area contributed by atoms with E-state index >= 15 is 0 Å². The van der Waals surface area contributed by atoms with Gasteiger partial charge < -0.3 is 10.1 Å². The highest BCUT2D eigenvalue weighted by molar-refractivity contribution is 7.99. The van der Waals surface area contributed by atoms with Crippen molar-refractivity contribution in [3.8, 4) is 0 Å². The Morgan fingerprint density at radius 1 is 1.40 bits per heavy atom. The number of nitrogens with zero attached hydrogens (tertiary/aromatic N) is 2. The van der Waals surface area contributed by atoms with Gasteiger partial charge in [0.15, 0.2) is 0 Å². The number of rotatable bonds is 5. The number of thioether (sulfide) groups is 1. The highest BCUT2D eigenvalue weighted by atomic mass is 32.2. The molecule has 1 N–H and O–H groups in total. The van der Waals surface area contributed by atoms with Gasteiger partial charge in [-0.2, -0.15) is 0 Å². The maximum absolute atomic E-state index is 5.67. The van der Waals surface area contributed by atoms with Crippen LogP contribution in [0.3, 0.4) is 0 Å². The Balaban J connectivity index is 2.11. The number of hydrogen-bond acceptors (Lipinski definition) is 5. The molecule has 1 fully saturated rings. The largest absolute Gasteiger partial charge is 0.377 e. The van der Waals surface area contributed by atoms with Crippen LogP contribution in [0.15, 0.2) is 11.1 Å². The van der Waals surface area contributed by atoms with E-state index in [1.165, 1.54) is 12.8 Å². The smallest absolute Gasteiger partial charge is 0.137 e. The average molecular weight is 295 g/mol. The quantitative estimate of drug-likeness (QED) is 0.665. The summed E-state index contributed by atoms with van der Waals surface area (Å²) in [6.07, 6.45) is 2.74. The minimum atomic E-state index is -0.0371. The predicted octanol–water partition coefficient (Wildman–Crippen LogP) is 3.48. The van der Waals surface area contributed by atoms with Crippen molar-refractivity contribution in [1.29, 1.82) is 0 Å². The fourth-order valence-corrected chi connectivity index (χ4v) is 3.03. The van der Waals surface area contributed by atoms with E-state index in [-0.39, 0.29) is 5.41 Å². The second-order valence-corrected chi connectivity index (χ2v) is 7.18. The van der Waals surface area contributed by atoms with Crippen molar-refractivity contribution >= 4 is 17.6 Å². The summed E-state index contributed by atoms with van der Waals surface area (Å²) >= 11 is 1.77. The van der Waals surface area contributed by atoms with E-state index in [0.717, 1.165) is 35.6 Å². The first-order valence-corrected chi connectivity index (χ1v) is 8.35. The summed E-state index contributed by atoms with van der Waals surface area (Å²) in [6.45, 7) is 10.3. The lowest BCUT2D eigenvalue weighted by molar-refractivity contribution is 0.129. The van der Waals surface area contributed by atoms with Gasteiger partial charge in [-0.3, -0.25) is 0 Å². The molecule has 0 saturated carbocycles. The van der Waals surface area contributed by atoms with Crippen molar-refractivity contribution in [2.75, 3.05) is 24.2 Å². The topological polar surface area (TPSA) is 47.0 Å². The molecule has 0 spiro atoms. The summed E-state index contributed by atoms with van der Waals surface area (Å²) in [5.74, 6) is 2.79. The minimum absolute atomic E-state index is 0.0371. The summed E-state index contributed by atoms with van der Waals surface area (Å²) in [5, 5.41) is 4.33. The molecule has 5 heteroatoms. The van der Waals surface area contributed by atoms with Crippen LogP contribution in [0.1, 0.15) is 46.4 Å². The molecule has 0 aromatic carbocycles. The van der Waals surface area contributed by atoms with Crippen molar-refractivity contribution in [2.45, 2.75) is 57.1 Å². The highest BCUT2D eigenvalue weighted by Crippen LogP contribution is 2.27. The van der Waals surface area contributed by atoms with Gasteiger partial charge in [0, 0.05) is 30.4 Å². The van der Waals surface area contributed by atoms with Gasteiger partial charge in [-0.05, 0) is 19.8 Å². The van der Waals surface area contributed by atoms with Gasteiger partial charge in [-0.15, -0.1) is 11.8 Å². The van der Waals surface area contributed by atoms with Gasteiger partial charge in [-0.1, -0.05) is 20.8 Å². The molecule has 2 rings (SSSR count). The van der Waals surface area contributed by atoms with Crippen LogP contribution in [0.2, 0.25) is 0 Å². The molecule has 1 unspecified atom stereocenters. The number of anilines is 1. The lowest BCUT2D eigenvalue weighted by Crippen LogP contribution is -2.18. The van der Waals surface area contributed by atoms with Gasteiger partial charge in [0.2, 0.25) is 0 Å². The Hall–Kier alpha value is -0.810. The normalized spacial score (nSPS) is 19.3. The summed E-state index contributed by atoms with van der Waals surface area (Å²) in [4.78, 5) is 9.31. The van der Waals surface area contributed by atoms with Crippen molar-refractivity contribution in [3.05, 3.63) is 11.9 Å². The minimum Gasteiger partial charge on any atom is -0.377 e. The zero-order valence-electron chi connectivity index (χ0n) is 12.9. The fourth-order valence-electron chi connectivity index (χ4n) is 2.06. The van der Waals surface area contributed by atoms with Crippen molar-refractivity contribution in [3.63, 3.8) is 0 Å². The maximum atomic E-state index is 5.67. The van der Waals surface area contributed by atoms with Crippen LogP contribution >= 0.6 is 11.8 Å². The molecular weight excluding hydrogens is 270 g/mol. The first kappa shape index (κ1) is 15.6. The molecule has 1 saturated heterocycles. The van der Waals surface area contributed by atoms with Crippen LogP contribution < -0.4 is 5.32 Å². The fraction of sp³-hybridized carbons (Fsp3) is 0.733. The molecule has 1 aromatic rings. The Morgan fingerprint density at radius 3 is 2.80 bits per heavy atom. The summed E-state index contributed by atoms with van der Waals surface area (Å²) < 4.78 is 5.67. The highest BCUT2D eigenvalue weighted by Gasteiger charge is 2.20. The van der Waals surface area contributed by atoms with Crippen LogP contribution in [0.5, 0.6) is 0 Å². The molecule has 1 aliphatic heterocycles. The third kappa shape index (κ3) is 4.35. The molecule has 20 heavy (non-hydrogen) atoms. The Labute approximate surface area is 126 Å². The molecule has 0 radical (unpaired) electrons. The molecule has 2 heterocycles. The lowest BCUT2D eigenvalue weighted by atomic mass is 9.96.